The molecule has 4 heteroatoms. The van der Waals surface area contributed by atoms with E-state index in [2.05, 4.69) is 5.32 Å². The molecule has 0 radical (unpaired) electrons. The number of benzene rings is 1. The zero-order chi connectivity index (χ0) is 9.80. The number of ether oxygens (including phenoxy) is 1. The molecule has 1 aliphatic rings. The number of nitrogens with one attached hydrogen (secondary N) is 1. The molecule has 1 N–H and O–H groups in total. The van der Waals surface area contributed by atoms with Gasteiger partial charge < -0.3 is 10.1 Å². The molecule has 0 aliphatic carbocycles. The SMILES string of the molecule is Cl.O=C(c1ccccc1)C1CNCCO1. The van der Waals surface area contributed by atoms with Crippen LogP contribution in [-0.2, 0) is 4.74 Å². The smallest absolute Gasteiger partial charge is 0.192 e. The monoisotopic (exact) mass is 227 g/mol. The Balaban J connectivity index is 0.00000112. The number of ketones is 1. The molecule has 1 heterocycles. The Kier molecular flexibility index (Phi) is 4.75. The van der Waals surface area contributed by atoms with Gasteiger partial charge in [0.05, 0.1) is 6.61 Å². The zero-order valence-corrected chi connectivity index (χ0v) is 9.13. The minimum Gasteiger partial charge on any atom is -0.367 e. The average molecular weight is 228 g/mol. The highest BCUT2D eigenvalue weighted by atomic mass is 35.5. The van der Waals surface area contributed by atoms with Crippen LogP contribution < -0.4 is 5.32 Å². The Morgan fingerprint density at radius 1 is 1.33 bits per heavy atom. The van der Waals surface area contributed by atoms with Crippen LogP contribution in [0.4, 0.5) is 0 Å². The van der Waals surface area contributed by atoms with Crippen LogP contribution in [0.2, 0.25) is 0 Å². The number of morpholine rings is 1. The summed E-state index contributed by atoms with van der Waals surface area (Å²) >= 11 is 0. The van der Waals surface area contributed by atoms with Gasteiger partial charge in [-0.25, -0.2) is 0 Å². The van der Waals surface area contributed by atoms with Crippen molar-refractivity contribution in [2.75, 3.05) is 19.7 Å². The van der Waals surface area contributed by atoms with E-state index in [9.17, 15) is 4.79 Å². The third kappa shape index (κ3) is 3.02. The predicted octanol–water partition coefficient (Wildman–Crippen LogP) is 1.28. The molecule has 0 saturated carbocycles. The minimum absolute atomic E-state index is 0. The van der Waals surface area contributed by atoms with Gasteiger partial charge in [0.25, 0.3) is 0 Å². The van der Waals surface area contributed by atoms with E-state index in [-0.39, 0.29) is 24.3 Å². The minimum atomic E-state index is -0.314. The zero-order valence-electron chi connectivity index (χ0n) is 8.31. The highest BCUT2D eigenvalue weighted by molar-refractivity contribution is 5.99. The maximum Gasteiger partial charge on any atom is 0.192 e. The number of hydrogen-bond acceptors (Lipinski definition) is 3. The molecule has 15 heavy (non-hydrogen) atoms. The molecular weight excluding hydrogens is 214 g/mol. The Hall–Kier alpha value is -0.900. The number of hydrogen-bond donors (Lipinski definition) is 1. The summed E-state index contributed by atoms with van der Waals surface area (Å²) in [6, 6.07) is 9.27. The molecule has 1 saturated heterocycles. The largest absolute Gasteiger partial charge is 0.367 e. The number of rotatable bonds is 2. The molecule has 1 fully saturated rings. The number of halogens is 1. The van der Waals surface area contributed by atoms with Gasteiger partial charge in [0.15, 0.2) is 5.78 Å². The highest BCUT2D eigenvalue weighted by Gasteiger charge is 2.22. The molecule has 0 bridgehead atoms. The Bertz CT molecular complexity index is 310. The first kappa shape index (κ1) is 12.2. The Morgan fingerprint density at radius 2 is 2.07 bits per heavy atom. The molecule has 3 nitrogen and oxygen atoms in total. The van der Waals surface area contributed by atoms with E-state index in [4.69, 9.17) is 4.74 Å². The van der Waals surface area contributed by atoms with Crippen LogP contribution in [0.15, 0.2) is 30.3 Å². The lowest BCUT2D eigenvalue weighted by atomic mass is 10.1. The molecule has 1 aliphatic heterocycles. The van der Waals surface area contributed by atoms with Crippen LogP contribution in [0.5, 0.6) is 0 Å². The molecule has 1 aromatic carbocycles. The first-order valence-corrected chi connectivity index (χ1v) is 4.79. The van der Waals surface area contributed by atoms with E-state index in [1.807, 2.05) is 30.3 Å². The molecule has 0 spiro atoms. The molecular formula is C11H14ClNO2. The van der Waals surface area contributed by atoms with Gasteiger partial charge in [-0.2, -0.15) is 0 Å². The fourth-order valence-electron chi connectivity index (χ4n) is 1.52. The van der Waals surface area contributed by atoms with Crippen molar-refractivity contribution in [1.82, 2.24) is 5.32 Å². The molecule has 1 unspecified atom stereocenters. The van der Waals surface area contributed by atoms with Gasteiger partial charge in [-0.05, 0) is 0 Å². The van der Waals surface area contributed by atoms with Crippen molar-refractivity contribution in [3.8, 4) is 0 Å². The second kappa shape index (κ2) is 5.85. The van der Waals surface area contributed by atoms with Gasteiger partial charge >= 0.3 is 0 Å². The van der Waals surface area contributed by atoms with Crippen molar-refractivity contribution in [3.63, 3.8) is 0 Å². The summed E-state index contributed by atoms with van der Waals surface area (Å²) in [5.41, 5.74) is 0.723. The van der Waals surface area contributed by atoms with Crippen LogP contribution in [-0.4, -0.2) is 31.6 Å². The van der Waals surface area contributed by atoms with Crippen molar-refractivity contribution in [3.05, 3.63) is 35.9 Å². The van der Waals surface area contributed by atoms with Crippen molar-refractivity contribution in [2.45, 2.75) is 6.10 Å². The second-order valence-corrected chi connectivity index (χ2v) is 3.29. The quantitative estimate of drug-likeness (QED) is 0.774. The van der Waals surface area contributed by atoms with Crippen molar-refractivity contribution < 1.29 is 9.53 Å². The maximum absolute atomic E-state index is 11.8. The van der Waals surface area contributed by atoms with Crippen LogP contribution in [0.1, 0.15) is 10.4 Å². The number of carbonyl (C=O) groups excluding carboxylic acids is 1. The van der Waals surface area contributed by atoms with Crippen LogP contribution in [0.3, 0.4) is 0 Å². The summed E-state index contributed by atoms with van der Waals surface area (Å²) in [6.45, 7) is 2.07. The van der Waals surface area contributed by atoms with Gasteiger partial charge in [-0.1, -0.05) is 30.3 Å². The Labute approximate surface area is 95.2 Å². The summed E-state index contributed by atoms with van der Waals surface area (Å²) < 4.78 is 5.38. The normalized spacial score (nSPS) is 20.4. The molecule has 0 aromatic heterocycles. The van der Waals surface area contributed by atoms with E-state index in [0.29, 0.717) is 13.2 Å². The lowest BCUT2D eigenvalue weighted by molar-refractivity contribution is 0.0269. The second-order valence-electron chi connectivity index (χ2n) is 3.29. The summed E-state index contributed by atoms with van der Waals surface area (Å²) in [7, 11) is 0. The van der Waals surface area contributed by atoms with Crippen molar-refractivity contribution in [1.29, 1.82) is 0 Å². The molecule has 2 rings (SSSR count). The van der Waals surface area contributed by atoms with E-state index in [1.165, 1.54) is 0 Å². The Morgan fingerprint density at radius 3 is 2.67 bits per heavy atom. The van der Waals surface area contributed by atoms with E-state index in [1.54, 1.807) is 0 Å². The lowest BCUT2D eigenvalue weighted by Gasteiger charge is -2.22. The average Bonchev–Trinajstić information content (AvgIpc) is 2.30. The maximum atomic E-state index is 11.8. The first-order valence-electron chi connectivity index (χ1n) is 4.79. The topological polar surface area (TPSA) is 38.3 Å². The molecule has 1 aromatic rings. The van der Waals surface area contributed by atoms with Crippen LogP contribution in [0.25, 0.3) is 0 Å². The summed E-state index contributed by atoms with van der Waals surface area (Å²) in [4.78, 5) is 11.8. The van der Waals surface area contributed by atoms with E-state index in [0.717, 1.165) is 12.1 Å². The van der Waals surface area contributed by atoms with E-state index < -0.39 is 0 Å². The van der Waals surface area contributed by atoms with E-state index >= 15 is 0 Å². The van der Waals surface area contributed by atoms with Gasteiger partial charge in [0.1, 0.15) is 6.10 Å². The molecule has 82 valence electrons. The van der Waals surface area contributed by atoms with Gasteiger partial charge in [-0.15, -0.1) is 12.4 Å². The van der Waals surface area contributed by atoms with Gasteiger partial charge in [-0.3, -0.25) is 4.79 Å². The van der Waals surface area contributed by atoms with Crippen molar-refractivity contribution in [2.24, 2.45) is 0 Å². The predicted molar refractivity (Wildman–Crippen MR) is 60.6 cm³/mol. The third-order valence-corrected chi connectivity index (χ3v) is 2.28. The summed E-state index contributed by atoms with van der Waals surface area (Å²) in [5, 5.41) is 3.14. The number of carbonyl (C=O) groups is 1. The van der Waals surface area contributed by atoms with Gasteiger partial charge in [0.2, 0.25) is 0 Å². The summed E-state index contributed by atoms with van der Waals surface area (Å²) in [6.07, 6.45) is -0.314. The molecule has 0 amide bonds. The number of Topliss-reactive ketones (excluding diaryl/α,β-unsaturated/α-hetero) is 1. The fraction of sp³-hybridized carbons (Fsp3) is 0.364. The van der Waals surface area contributed by atoms with Crippen LogP contribution >= 0.6 is 12.4 Å². The highest BCUT2D eigenvalue weighted by Crippen LogP contribution is 2.07. The fourth-order valence-corrected chi connectivity index (χ4v) is 1.52. The standard InChI is InChI=1S/C11H13NO2.ClH/c13-11(9-4-2-1-3-5-9)10-8-12-6-7-14-10;/h1-5,10,12H,6-8H2;1H. The molecule has 1 atom stereocenters. The van der Waals surface area contributed by atoms with Gasteiger partial charge in [0, 0.05) is 18.7 Å². The summed E-state index contributed by atoms with van der Waals surface area (Å²) in [5.74, 6) is 0.0674. The van der Waals surface area contributed by atoms with Crippen molar-refractivity contribution >= 4 is 18.2 Å². The van der Waals surface area contributed by atoms with Crippen LogP contribution in [0, 0.1) is 0 Å². The first-order chi connectivity index (χ1) is 6.88. The lowest BCUT2D eigenvalue weighted by Crippen LogP contribution is -2.43. The third-order valence-electron chi connectivity index (χ3n) is 2.28.